The molecule has 27 heavy (non-hydrogen) atoms. The first kappa shape index (κ1) is 21.0. The highest BCUT2D eigenvalue weighted by Crippen LogP contribution is 2.26. The normalized spacial score (nSPS) is 11.3. The summed E-state index contributed by atoms with van der Waals surface area (Å²) in [5, 5.41) is 6.45. The third kappa shape index (κ3) is 5.57. The highest BCUT2D eigenvalue weighted by Gasteiger charge is 2.36. The molecule has 2 amide bonds. The Labute approximate surface area is 166 Å². The molecule has 0 aromatic heterocycles. The molecule has 0 saturated carbocycles. The quantitative estimate of drug-likeness (QED) is 0.672. The van der Waals surface area contributed by atoms with Gasteiger partial charge < -0.3 is 10.6 Å². The maximum atomic E-state index is 12.7. The second kappa shape index (κ2) is 9.05. The topological polar surface area (TPSA) is 58.2 Å². The van der Waals surface area contributed by atoms with E-state index in [2.05, 4.69) is 24.5 Å². The second-order valence-corrected chi connectivity index (χ2v) is 7.89. The van der Waals surface area contributed by atoms with Gasteiger partial charge >= 0.3 is 0 Å². The standard InChI is InChI=1S/C22H27ClN2O2/c1-15(2)18-7-5-6-8-19(18)25-21(27)22(3,4)20(26)24-14-13-16-9-11-17(23)12-10-16/h5-12,15H,13-14H2,1-4H3,(H,24,26)(H,25,27). The van der Waals surface area contributed by atoms with Gasteiger partial charge in [-0.05, 0) is 55.5 Å². The van der Waals surface area contributed by atoms with E-state index in [9.17, 15) is 9.59 Å². The van der Waals surface area contributed by atoms with Crippen LogP contribution in [0.2, 0.25) is 5.02 Å². The van der Waals surface area contributed by atoms with Gasteiger partial charge in [0.2, 0.25) is 11.8 Å². The van der Waals surface area contributed by atoms with Crippen molar-refractivity contribution in [2.24, 2.45) is 5.41 Å². The van der Waals surface area contributed by atoms with Crippen LogP contribution in [-0.2, 0) is 16.0 Å². The molecule has 0 bridgehead atoms. The number of hydrogen-bond acceptors (Lipinski definition) is 2. The molecule has 0 radical (unpaired) electrons. The molecule has 4 nitrogen and oxygen atoms in total. The number of rotatable bonds is 7. The zero-order valence-corrected chi connectivity index (χ0v) is 17.1. The largest absolute Gasteiger partial charge is 0.355 e. The smallest absolute Gasteiger partial charge is 0.239 e. The number of carbonyl (C=O) groups excluding carboxylic acids is 2. The van der Waals surface area contributed by atoms with Gasteiger partial charge in [-0.25, -0.2) is 0 Å². The summed E-state index contributed by atoms with van der Waals surface area (Å²) < 4.78 is 0. The van der Waals surface area contributed by atoms with Gasteiger partial charge in [0.25, 0.3) is 0 Å². The zero-order chi connectivity index (χ0) is 20.0. The van der Waals surface area contributed by atoms with Gasteiger partial charge in [-0.3, -0.25) is 9.59 Å². The fourth-order valence-electron chi connectivity index (χ4n) is 2.69. The summed E-state index contributed by atoms with van der Waals surface area (Å²) in [6.07, 6.45) is 0.677. The molecule has 0 atom stereocenters. The number of anilines is 1. The Balaban J connectivity index is 1.96. The lowest BCUT2D eigenvalue weighted by Gasteiger charge is -2.24. The van der Waals surface area contributed by atoms with Gasteiger partial charge in [-0.2, -0.15) is 0 Å². The van der Waals surface area contributed by atoms with Gasteiger partial charge in [0.1, 0.15) is 5.41 Å². The van der Waals surface area contributed by atoms with E-state index in [-0.39, 0.29) is 17.7 Å². The molecule has 0 spiro atoms. The average Bonchev–Trinajstić information content (AvgIpc) is 2.63. The van der Waals surface area contributed by atoms with Crippen molar-refractivity contribution in [2.75, 3.05) is 11.9 Å². The van der Waals surface area contributed by atoms with Crippen molar-refractivity contribution in [1.82, 2.24) is 5.32 Å². The highest BCUT2D eigenvalue weighted by molar-refractivity contribution is 6.30. The number of halogens is 1. The Kier molecular flexibility index (Phi) is 7.03. The Hall–Kier alpha value is -2.33. The number of para-hydroxylation sites is 1. The highest BCUT2D eigenvalue weighted by atomic mass is 35.5. The third-order valence-corrected chi connectivity index (χ3v) is 4.83. The molecule has 2 aromatic carbocycles. The van der Waals surface area contributed by atoms with E-state index in [1.807, 2.05) is 48.5 Å². The van der Waals surface area contributed by atoms with Crippen molar-refractivity contribution < 1.29 is 9.59 Å². The molecule has 0 fully saturated rings. The molecular weight excluding hydrogens is 360 g/mol. The summed E-state index contributed by atoms with van der Waals surface area (Å²) in [6.45, 7) is 7.87. The van der Waals surface area contributed by atoms with E-state index < -0.39 is 5.41 Å². The summed E-state index contributed by atoms with van der Waals surface area (Å²) in [5.41, 5.74) is 1.70. The molecule has 0 aliphatic heterocycles. The van der Waals surface area contributed by atoms with Crippen molar-refractivity contribution in [2.45, 2.75) is 40.0 Å². The van der Waals surface area contributed by atoms with Crippen LogP contribution in [-0.4, -0.2) is 18.4 Å². The first-order chi connectivity index (χ1) is 12.7. The predicted octanol–water partition coefficient (Wildman–Crippen LogP) is 4.79. The minimum Gasteiger partial charge on any atom is -0.355 e. The number of hydrogen-bond donors (Lipinski definition) is 2. The fraction of sp³-hybridized carbons (Fsp3) is 0.364. The first-order valence-electron chi connectivity index (χ1n) is 9.15. The monoisotopic (exact) mass is 386 g/mol. The first-order valence-corrected chi connectivity index (χ1v) is 9.52. The number of amides is 2. The van der Waals surface area contributed by atoms with E-state index in [4.69, 9.17) is 11.6 Å². The minimum absolute atomic E-state index is 0.276. The molecule has 144 valence electrons. The summed E-state index contributed by atoms with van der Waals surface area (Å²) in [7, 11) is 0. The van der Waals surface area contributed by atoms with Crippen LogP contribution in [0.25, 0.3) is 0 Å². The van der Waals surface area contributed by atoms with Crippen molar-refractivity contribution in [1.29, 1.82) is 0 Å². The lowest BCUT2D eigenvalue weighted by molar-refractivity contribution is -0.138. The Bertz CT molecular complexity index is 798. The Morgan fingerprint density at radius 1 is 1.00 bits per heavy atom. The number of carbonyl (C=O) groups is 2. The SMILES string of the molecule is CC(C)c1ccccc1NC(=O)C(C)(C)C(=O)NCCc1ccc(Cl)cc1. The molecule has 0 saturated heterocycles. The zero-order valence-electron chi connectivity index (χ0n) is 16.3. The maximum Gasteiger partial charge on any atom is 0.239 e. The van der Waals surface area contributed by atoms with Gasteiger partial charge in [0, 0.05) is 17.3 Å². The Morgan fingerprint density at radius 2 is 1.63 bits per heavy atom. The summed E-state index contributed by atoms with van der Waals surface area (Å²) in [5.74, 6) is -0.339. The third-order valence-electron chi connectivity index (χ3n) is 4.58. The maximum absolute atomic E-state index is 12.7. The Morgan fingerprint density at radius 3 is 2.26 bits per heavy atom. The van der Waals surface area contributed by atoms with E-state index in [1.54, 1.807) is 13.8 Å². The average molecular weight is 387 g/mol. The molecule has 0 unspecified atom stereocenters. The van der Waals surface area contributed by atoms with Crippen molar-refractivity contribution in [3.63, 3.8) is 0 Å². The molecule has 0 aliphatic rings. The van der Waals surface area contributed by atoms with E-state index in [0.717, 1.165) is 16.8 Å². The van der Waals surface area contributed by atoms with Crippen molar-refractivity contribution in [3.05, 3.63) is 64.7 Å². The number of nitrogens with one attached hydrogen (secondary N) is 2. The predicted molar refractivity (Wildman–Crippen MR) is 111 cm³/mol. The van der Waals surface area contributed by atoms with Gasteiger partial charge in [0.15, 0.2) is 0 Å². The molecule has 2 aromatic rings. The van der Waals surface area contributed by atoms with Crippen molar-refractivity contribution in [3.8, 4) is 0 Å². The summed E-state index contributed by atoms with van der Waals surface area (Å²) in [4.78, 5) is 25.3. The van der Waals surface area contributed by atoms with Gasteiger partial charge in [-0.1, -0.05) is 55.8 Å². The lowest BCUT2D eigenvalue weighted by atomic mass is 9.90. The molecule has 5 heteroatoms. The van der Waals surface area contributed by atoms with Crippen LogP contribution in [0.1, 0.15) is 44.7 Å². The van der Waals surface area contributed by atoms with E-state index in [1.165, 1.54) is 0 Å². The van der Waals surface area contributed by atoms with E-state index in [0.29, 0.717) is 18.0 Å². The molecule has 0 heterocycles. The molecular formula is C22H27ClN2O2. The second-order valence-electron chi connectivity index (χ2n) is 7.45. The molecule has 0 aliphatic carbocycles. The minimum atomic E-state index is -1.18. The van der Waals surface area contributed by atoms with Crippen LogP contribution in [0.5, 0.6) is 0 Å². The van der Waals surface area contributed by atoms with Crippen LogP contribution in [0.15, 0.2) is 48.5 Å². The summed E-state index contributed by atoms with van der Waals surface area (Å²) >= 11 is 5.87. The molecule has 2 rings (SSSR count). The summed E-state index contributed by atoms with van der Waals surface area (Å²) in [6, 6.07) is 15.2. The lowest BCUT2D eigenvalue weighted by Crippen LogP contribution is -2.45. The molecule has 2 N–H and O–H groups in total. The van der Waals surface area contributed by atoms with Crippen molar-refractivity contribution >= 4 is 29.1 Å². The fourth-order valence-corrected chi connectivity index (χ4v) is 2.81. The number of benzene rings is 2. The van der Waals surface area contributed by atoms with Gasteiger partial charge in [0.05, 0.1) is 0 Å². The van der Waals surface area contributed by atoms with Crippen LogP contribution < -0.4 is 10.6 Å². The van der Waals surface area contributed by atoms with Crippen LogP contribution in [0.3, 0.4) is 0 Å². The van der Waals surface area contributed by atoms with E-state index >= 15 is 0 Å². The van der Waals surface area contributed by atoms with Crippen LogP contribution >= 0.6 is 11.6 Å². The van der Waals surface area contributed by atoms with Gasteiger partial charge in [-0.15, -0.1) is 0 Å². The van der Waals surface area contributed by atoms with Crippen LogP contribution in [0.4, 0.5) is 5.69 Å². The van der Waals surface area contributed by atoms with Crippen LogP contribution in [0, 0.1) is 5.41 Å².